The third-order valence-corrected chi connectivity index (χ3v) is 5.73. The second-order valence-electron chi connectivity index (χ2n) is 5.07. The average Bonchev–Trinajstić information content (AvgIpc) is 3.23. The average molecular weight is 430 g/mol. The van der Waals surface area contributed by atoms with E-state index in [1.807, 2.05) is 5.38 Å². The van der Waals surface area contributed by atoms with Crippen molar-refractivity contribution in [2.24, 2.45) is 7.05 Å². The van der Waals surface area contributed by atoms with Crippen LogP contribution in [0.2, 0.25) is 10.0 Å². The minimum atomic E-state index is -0.345. The number of carbonyl (C=O) groups is 1. The number of nitrogens with zero attached hydrogens (tertiary/aromatic N) is 5. The summed E-state index contributed by atoms with van der Waals surface area (Å²) >= 11 is 14.6. The molecule has 0 aliphatic heterocycles. The highest BCUT2D eigenvalue weighted by atomic mass is 35.5. The van der Waals surface area contributed by atoms with Gasteiger partial charge in [0, 0.05) is 24.7 Å². The summed E-state index contributed by atoms with van der Waals surface area (Å²) in [5.41, 5.74) is 1.69. The molecular weight excluding hydrogens is 417 g/mol. The van der Waals surface area contributed by atoms with Crippen molar-refractivity contribution in [3.63, 3.8) is 0 Å². The van der Waals surface area contributed by atoms with Crippen molar-refractivity contribution in [2.45, 2.75) is 17.5 Å². The molecule has 2 aromatic heterocycles. The molecule has 2 amide bonds. The van der Waals surface area contributed by atoms with E-state index >= 15 is 0 Å². The van der Waals surface area contributed by atoms with Gasteiger partial charge in [-0.25, -0.2) is 14.5 Å². The number of thiazole rings is 1. The molecule has 0 fully saturated rings. The molecule has 12 heteroatoms. The highest BCUT2D eigenvalue weighted by Crippen LogP contribution is 2.24. The quantitative estimate of drug-likeness (QED) is 0.580. The van der Waals surface area contributed by atoms with Crippen molar-refractivity contribution in [3.8, 4) is 0 Å². The topological polar surface area (TPSA) is 97.6 Å². The third-order valence-electron chi connectivity index (χ3n) is 3.14. The number of thioether (sulfide) groups is 1. The van der Waals surface area contributed by atoms with Gasteiger partial charge >= 0.3 is 6.03 Å². The van der Waals surface area contributed by atoms with E-state index in [9.17, 15) is 4.79 Å². The van der Waals surface area contributed by atoms with Crippen LogP contribution in [-0.2, 0) is 19.3 Å². The zero-order valence-electron chi connectivity index (χ0n) is 13.4. The van der Waals surface area contributed by atoms with Crippen molar-refractivity contribution >= 4 is 57.5 Å². The Balaban J connectivity index is 1.48. The molecule has 0 saturated heterocycles. The first-order chi connectivity index (χ1) is 12.5. The molecule has 0 atom stereocenters. The lowest BCUT2D eigenvalue weighted by Crippen LogP contribution is -2.28. The first-order valence-corrected chi connectivity index (χ1v) is 9.91. The van der Waals surface area contributed by atoms with Gasteiger partial charge in [0.1, 0.15) is 0 Å². The molecule has 0 saturated carbocycles. The predicted molar refractivity (Wildman–Crippen MR) is 103 cm³/mol. The summed E-state index contributed by atoms with van der Waals surface area (Å²) in [5.74, 6) is 0.608. The molecule has 3 aromatic rings. The van der Waals surface area contributed by atoms with E-state index < -0.39 is 0 Å². The first kappa shape index (κ1) is 18.9. The second kappa shape index (κ2) is 8.67. The van der Waals surface area contributed by atoms with Crippen molar-refractivity contribution in [3.05, 3.63) is 44.9 Å². The number of urea groups is 1. The third kappa shape index (κ3) is 5.07. The largest absolute Gasteiger partial charge is 0.334 e. The number of benzene rings is 1. The lowest BCUT2D eigenvalue weighted by Gasteiger charge is -2.06. The molecule has 0 spiro atoms. The molecule has 8 nitrogen and oxygen atoms in total. The summed E-state index contributed by atoms with van der Waals surface area (Å²) in [6, 6.07) is 4.86. The molecule has 136 valence electrons. The predicted octanol–water partition coefficient (Wildman–Crippen LogP) is 3.59. The number of amides is 2. The van der Waals surface area contributed by atoms with Crippen LogP contribution >= 0.6 is 46.3 Å². The van der Waals surface area contributed by atoms with Gasteiger partial charge in [-0.2, -0.15) is 0 Å². The van der Waals surface area contributed by atoms with Crippen molar-refractivity contribution < 1.29 is 4.79 Å². The minimum absolute atomic E-state index is 0.329. The number of tetrazole rings is 1. The monoisotopic (exact) mass is 429 g/mol. The Morgan fingerprint density at radius 3 is 2.92 bits per heavy atom. The number of carbonyl (C=O) groups excluding carboxylic acids is 1. The van der Waals surface area contributed by atoms with Gasteiger partial charge in [0.05, 0.1) is 15.7 Å². The van der Waals surface area contributed by atoms with Gasteiger partial charge in [0.25, 0.3) is 0 Å². The van der Waals surface area contributed by atoms with Crippen LogP contribution in [-0.4, -0.2) is 31.2 Å². The second-order valence-corrected chi connectivity index (χ2v) is 7.69. The summed E-state index contributed by atoms with van der Waals surface area (Å²) in [5, 5.41) is 20.7. The van der Waals surface area contributed by atoms with E-state index in [0.29, 0.717) is 32.6 Å². The van der Waals surface area contributed by atoms with Crippen LogP contribution in [0, 0.1) is 0 Å². The summed E-state index contributed by atoms with van der Waals surface area (Å²) in [6.07, 6.45) is 0. The molecule has 0 bridgehead atoms. The zero-order chi connectivity index (χ0) is 18.5. The fourth-order valence-corrected chi connectivity index (χ4v) is 3.76. The minimum Gasteiger partial charge on any atom is -0.334 e. The molecule has 0 radical (unpaired) electrons. The Labute approximate surface area is 167 Å². The standard InChI is InChI=1S/C14H13Cl2N7OS2/c1-23-14(20-21-22-23)26-7-9-6-25-13(18-9)19-12(24)17-5-8-2-3-10(15)11(16)4-8/h2-4,6H,5,7H2,1H3,(H2,17,18,19,24). The van der Waals surface area contributed by atoms with E-state index in [0.717, 1.165) is 11.3 Å². The van der Waals surface area contributed by atoms with Gasteiger partial charge in [-0.3, -0.25) is 5.32 Å². The SMILES string of the molecule is Cn1nnnc1SCc1csc(NC(=O)NCc2ccc(Cl)c(Cl)c2)n1. The Morgan fingerprint density at radius 2 is 2.19 bits per heavy atom. The lowest BCUT2D eigenvalue weighted by atomic mass is 10.2. The van der Waals surface area contributed by atoms with Crippen molar-refractivity contribution in [1.29, 1.82) is 0 Å². The highest BCUT2D eigenvalue weighted by molar-refractivity contribution is 7.98. The Bertz CT molecular complexity index is 914. The van der Waals surface area contributed by atoms with Crippen molar-refractivity contribution in [1.82, 2.24) is 30.5 Å². The molecule has 0 aliphatic carbocycles. The molecule has 0 aliphatic rings. The fraction of sp³-hybridized carbons (Fsp3) is 0.214. The lowest BCUT2D eigenvalue weighted by molar-refractivity contribution is 0.251. The zero-order valence-corrected chi connectivity index (χ0v) is 16.6. The number of aromatic nitrogens is 5. The van der Waals surface area contributed by atoms with Gasteiger partial charge in [0.2, 0.25) is 5.16 Å². The van der Waals surface area contributed by atoms with E-state index in [1.165, 1.54) is 23.1 Å². The number of aryl methyl sites for hydroxylation is 1. The maximum Gasteiger partial charge on any atom is 0.321 e. The van der Waals surface area contributed by atoms with E-state index in [-0.39, 0.29) is 6.03 Å². The molecule has 0 unspecified atom stereocenters. The van der Waals surface area contributed by atoms with Crippen LogP contribution in [0.4, 0.5) is 9.93 Å². The normalized spacial score (nSPS) is 10.7. The van der Waals surface area contributed by atoms with Gasteiger partial charge < -0.3 is 5.32 Å². The fourth-order valence-electron chi connectivity index (χ4n) is 1.89. The van der Waals surface area contributed by atoms with Gasteiger partial charge in [-0.15, -0.1) is 16.4 Å². The van der Waals surface area contributed by atoms with Crippen LogP contribution < -0.4 is 10.6 Å². The number of hydrogen-bond donors (Lipinski definition) is 2. The summed E-state index contributed by atoms with van der Waals surface area (Å²) < 4.78 is 1.59. The molecular formula is C14H13Cl2N7OS2. The van der Waals surface area contributed by atoms with Gasteiger partial charge in [-0.1, -0.05) is 41.0 Å². The molecule has 26 heavy (non-hydrogen) atoms. The highest BCUT2D eigenvalue weighted by Gasteiger charge is 2.09. The number of hydrogen-bond acceptors (Lipinski definition) is 7. The number of nitrogens with one attached hydrogen (secondary N) is 2. The number of halogens is 2. The molecule has 2 heterocycles. The van der Waals surface area contributed by atoms with Crippen LogP contribution in [0.3, 0.4) is 0 Å². The van der Waals surface area contributed by atoms with Gasteiger partial charge in [-0.05, 0) is 28.1 Å². The molecule has 3 rings (SSSR count). The van der Waals surface area contributed by atoms with E-state index in [4.69, 9.17) is 23.2 Å². The first-order valence-electron chi connectivity index (χ1n) is 7.29. The Morgan fingerprint density at radius 1 is 1.35 bits per heavy atom. The molecule has 1 aromatic carbocycles. The van der Waals surface area contributed by atoms with Crippen LogP contribution in [0.25, 0.3) is 0 Å². The van der Waals surface area contributed by atoms with Crippen LogP contribution in [0.15, 0.2) is 28.7 Å². The van der Waals surface area contributed by atoms with Crippen LogP contribution in [0.1, 0.15) is 11.3 Å². The summed E-state index contributed by atoms with van der Waals surface area (Å²) in [6.45, 7) is 0.329. The smallest absolute Gasteiger partial charge is 0.321 e. The summed E-state index contributed by atoms with van der Waals surface area (Å²) in [7, 11) is 1.77. The Kier molecular flexibility index (Phi) is 6.30. The maximum atomic E-state index is 12.0. The maximum absolute atomic E-state index is 12.0. The molecule has 2 N–H and O–H groups in total. The Hall–Kier alpha value is -1.88. The number of rotatable bonds is 6. The number of anilines is 1. The van der Waals surface area contributed by atoms with Crippen molar-refractivity contribution in [2.75, 3.05) is 5.32 Å². The summed E-state index contributed by atoms with van der Waals surface area (Å²) in [4.78, 5) is 16.4. The van der Waals surface area contributed by atoms with E-state index in [2.05, 4.69) is 31.1 Å². The van der Waals surface area contributed by atoms with Crippen LogP contribution in [0.5, 0.6) is 0 Å². The van der Waals surface area contributed by atoms with E-state index in [1.54, 1.807) is 29.9 Å². The van der Waals surface area contributed by atoms with Gasteiger partial charge in [0.15, 0.2) is 5.13 Å².